The van der Waals surface area contributed by atoms with Crippen molar-refractivity contribution in [3.63, 3.8) is 0 Å². The second-order valence-electron chi connectivity index (χ2n) is 12.9. The maximum absolute atomic E-state index is 15.4. The van der Waals surface area contributed by atoms with E-state index in [-0.39, 0.29) is 52.0 Å². The number of carbonyl (C=O) groups is 1. The topological polar surface area (TPSA) is 99.0 Å². The van der Waals surface area contributed by atoms with E-state index in [1.807, 2.05) is 47.6 Å². The number of benzene rings is 1. The van der Waals surface area contributed by atoms with Crippen molar-refractivity contribution in [1.29, 1.82) is 0 Å². The van der Waals surface area contributed by atoms with Crippen LogP contribution >= 0.6 is 11.6 Å². The lowest BCUT2D eigenvalue weighted by molar-refractivity contribution is 0.0194. The Morgan fingerprint density at radius 3 is 2.63 bits per heavy atom. The third-order valence-electron chi connectivity index (χ3n) is 8.23. The van der Waals surface area contributed by atoms with Gasteiger partial charge in [0.2, 0.25) is 5.75 Å². The first-order valence-electron chi connectivity index (χ1n) is 15.3. The molecule has 1 atom stereocenters. The first-order valence-corrected chi connectivity index (χ1v) is 15.6. The van der Waals surface area contributed by atoms with E-state index in [0.717, 1.165) is 5.56 Å². The van der Waals surface area contributed by atoms with Crippen LogP contribution in [0.15, 0.2) is 41.3 Å². The van der Waals surface area contributed by atoms with Gasteiger partial charge in [-0.1, -0.05) is 31.5 Å². The average Bonchev–Trinajstić information content (AvgIpc) is 3.00. The van der Waals surface area contributed by atoms with Gasteiger partial charge < -0.3 is 24.0 Å². The number of hydrogen-bond acceptors (Lipinski definition) is 8. The van der Waals surface area contributed by atoms with E-state index < -0.39 is 23.1 Å². The second-order valence-corrected chi connectivity index (χ2v) is 13.3. The van der Waals surface area contributed by atoms with E-state index in [1.165, 1.54) is 17.7 Å². The van der Waals surface area contributed by atoms with Gasteiger partial charge in [0.1, 0.15) is 23.8 Å². The predicted molar refractivity (Wildman–Crippen MR) is 175 cm³/mol. The van der Waals surface area contributed by atoms with Gasteiger partial charge in [-0.15, -0.1) is 0 Å². The van der Waals surface area contributed by atoms with Crippen LogP contribution in [-0.4, -0.2) is 70.5 Å². The Balaban J connectivity index is 1.61. The molecule has 3 aromatic heterocycles. The van der Waals surface area contributed by atoms with Crippen LogP contribution in [0.3, 0.4) is 0 Å². The molecule has 2 aliphatic rings. The number of aryl methyl sites for hydroxylation is 1. The summed E-state index contributed by atoms with van der Waals surface area (Å²) in [6, 6.07) is 7.76. The van der Waals surface area contributed by atoms with Crippen LogP contribution in [0, 0.1) is 12.7 Å². The molecule has 0 aliphatic carbocycles. The van der Waals surface area contributed by atoms with Gasteiger partial charge in [-0.25, -0.2) is 14.2 Å². The first-order chi connectivity index (χ1) is 21.8. The molecule has 242 valence electrons. The predicted octanol–water partition coefficient (Wildman–Crippen LogP) is 6.50. The lowest BCUT2D eigenvalue weighted by Crippen LogP contribution is -2.59. The van der Waals surface area contributed by atoms with Crippen molar-refractivity contribution in [3.05, 3.63) is 69.0 Å². The highest BCUT2D eigenvalue weighted by Gasteiger charge is 2.39. The van der Waals surface area contributed by atoms with Crippen LogP contribution in [0.25, 0.3) is 28.0 Å². The summed E-state index contributed by atoms with van der Waals surface area (Å²) in [5.41, 5.74) is 2.05. The summed E-state index contributed by atoms with van der Waals surface area (Å²) in [6.45, 7) is 12.7. The molecule has 0 N–H and O–H groups in total. The molecule has 10 nitrogen and oxygen atoms in total. The van der Waals surface area contributed by atoms with E-state index in [1.54, 1.807) is 29.3 Å². The molecule has 0 radical (unpaired) electrons. The number of anilines is 1. The molecule has 5 heterocycles. The number of methoxy groups -OCH3 is 1. The molecule has 46 heavy (non-hydrogen) atoms. The lowest BCUT2D eigenvalue weighted by atomic mass is 10.0. The minimum absolute atomic E-state index is 0.0301. The number of pyridine rings is 3. The molecule has 12 heteroatoms. The smallest absolute Gasteiger partial charge is 0.410 e. The highest BCUT2D eigenvalue weighted by Crippen LogP contribution is 2.44. The third kappa shape index (κ3) is 5.40. The summed E-state index contributed by atoms with van der Waals surface area (Å²) in [5.74, 6) is -0.191. The highest BCUT2D eigenvalue weighted by molar-refractivity contribution is 6.34. The van der Waals surface area contributed by atoms with Gasteiger partial charge in [0.15, 0.2) is 5.65 Å². The largest absolute Gasteiger partial charge is 0.496 e. The van der Waals surface area contributed by atoms with E-state index in [2.05, 4.69) is 9.88 Å². The molecule has 1 amide bonds. The minimum atomic E-state index is -0.633. The summed E-state index contributed by atoms with van der Waals surface area (Å²) in [4.78, 5) is 40.9. The molecule has 0 saturated carbocycles. The summed E-state index contributed by atoms with van der Waals surface area (Å²) in [7, 11) is 1.45. The van der Waals surface area contributed by atoms with Gasteiger partial charge in [-0.2, -0.15) is 0 Å². The summed E-state index contributed by atoms with van der Waals surface area (Å²) < 4.78 is 34.3. The fourth-order valence-corrected chi connectivity index (χ4v) is 6.44. The van der Waals surface area contributed by atoms with Crippen LogP contribution in [0.1, 0.15) is 51.8 Å². The molecular formula is C34H37ClFN5O5. The van der Waals surface area contributed by atoms with Crippen molar-refractivity contribution in [2.75, 3.05) is 38.3 Å². The van der Waals surface area contributed by atoms with Gasteiger partial charge in [-0.05, 0) is 63.4 Å². The Kier molecular flexibility index (Phi) is 8.08. The van der Waals surface area contributed by atoms with Gasteiger partial charge in [-0.3, -0.25) is 14.3 Å². The molecule has 1 fully saturated rings. The molecule has 1 aromatic carbocycles. The van der Waals surface area contributed by atoms with Crippen molar-refractivity contribution in [1.82, 2.24) is 19.4 Å². The van der Waals surface area contributed by atoms with Crippen molar-refractivity contribution in [2.45, 2.75) is 59.1 Å². The number of hydrogen-bond donors (Lipinski definition) is 0. The number of amides is 1. The monoisotopic (exact) mass is 649 g/mol. The zero-order valence-electron chi connectivity index (χ0n) is 27.0. The van der Waals surface area contributed by atoms with Crippen molar-refractivity contribution in [3.8, 4) is 28.4 Å². The summed E-state index contributed by atoms with van der Waals surface area (Å²) >= 11 is 6.92. The maximum Gasteiger partial charge on any atom is 0.410 e. The minimum Gasteiger partial charge on any atom is -0.496 e. The standard InChI is InChI=1S/C34H37ClFN5O5/c1-18(2)26-28(19(3)11-12-37-26)41-31-21(15-22(35)27(38-31)25-23(36)9-8-10-24(25)44-7)29-30(32(41)42)45-17-20-16-39(13-14-40(20)29)33(43)46-34(4,5)6/h8-12,15,18,20H,13-14,16-17H2,1-7H3/t20-/m1/s1. The van der Waals surface area contributed by atoms with Gasteiger partial charge in [0.05, 0.1) is 46.5 Å². The van der Waals surface area contributed by atoms with E-state index in [0.29, 0.717) is 42.1 Å². The Labute approximate surface area is 271 Å². The normalized spacial score (nSPS) is 16.3. The number of ether oxygens (including phenoxy) is 3. The zero-order valence-corrected chi connectivity index (χ0v) is 27.7. The number of nitrogens with zero attached hydrogens (tertiary/aromatic N) is 5. The summed E-state index contributed by atoms with van der Waals surface area (Å²) in [6.07, 6.45) is 1.31. The van der Waals surface area contributed by atoms with Crippen LogP contribution in [0.4, 0.5) is 14.9 Å². The molecule has 4 aromatic rings. The first kappa shape index (κ1) is 31.6. The Morgan fingerprint density at radius 1 is 1.17 bits per heavy atom. The number of aromatic nitrogens is 3. The molecule has 1 saturated heterocycles. The summed E-state index contributed by atoms with van der Waals surface area (Å²) in [5, 5.41) is 0.719. The highest BCUT2D eigenvalue weighted by atomic mass is 35.5. The van der Waals surface area contributed by atoms with Crippen molar-refractivity contribution >= 4 is 34.4 Å². The zero-order chi connectivity index (χ0) is 33.1. The Bertz CT molecular complexity index is 1920. The fraction of sp³-hybridized carbons (Fsp3) is 0.412. The average molecular weight is 650 g/mol. The Hall–Kier alpha value is -4.38. The number of rotatable bonds is 4. The number of fused-ring (bicyclic) bond motifs is 5. The lowest BCUT2D eigenvalue weighted by Gasteiger charge is -2.45. The number of carbonyl (C=O) groups excluding carboxylic acids is 1. The molecule has 6 rings (SSSR count). The fourth-order valence-electron chi connectivity index (χ4n) is 6.20. The van der Waals surface area contributed by atoms with Gasteiger partial charge in [0, 0.05) is 31.2 Å². The molecule has 2 aliphatic heterocycles. The van der Waals surface area contributed by atoms with E-state index >= 15 is 4.39 Å². The van der Waals surface area contributed by atoms with Gasteiger partial charge in [0.25, 0.3) is 0 Å². The van der Waals surface area contributed by atoms with Crippen molar-refractivity contribution in [2.24, 2.45) is 0 Å². The number of piperazine rings is 1. The molecular weight excluding hydrogens is 613 g/mol. The SMILES string of the molecule is COc1cccc(F)c1-c1nc2c(cc1Cl)c1c(c(=O)n2-c2c(C)ccnc2C(C)C)OC[C@H]2CN(C(=O)OC(C)(C)C)CCN12. The molecule has 0 unspecified atom stereocenters. The van der Waals surface area contributed by atoms with E-state index in [9.17, 15) is 9.59 Å². The number of halogens is 2. The van der Waals surface area contributed by atoms with Crippen LogP contribution in [0.5, 0.6) is 11.5 Å². The quantitative estimate of drug-likeness (QED) is 0.247. The van der Waals surface area contributed by atoms with Crippen LogP contribution < -0.4 is 19.9 Å². The molecule has 0 spiro atoms. The van der Waals surface area contributed by atoms with Gasteiger partial charge >= 0.3 is 11.7 Å². The van der Waals surface area contributed by atoms with Crippen LogP contribution in [0.2, 0.25) is 5.02 Å². The van der Waals surface area contributed by atoms with Crippen molar-refractivity contribution < 1.29 is 23.4 Å². The second kappa shape index (κ2) is 11.8. The third-order valence-corrected chi connectivity index (χ3v) is 8.52. The van der Waals surface area contributed by atoms with E-state index in [4.69, 9.17) is 30.8 Å². The Morgan fingerprint density at radius 2 is 1.93 bits per heavy atom. The maximum atomic E-state index is 15.4. The molecule has 0 bridgehead atoms. The van der Waals surface area contributed by atoms with Crippen LogP contribution in [-0.2, 0) is 4.74 Å².